The SMILES string of the molecule is Cc1c(NS(=O)(=O)CC2CC(F)(F)C2)c(=O)n(-c2cccc(C(=O)O)c2)n1C. The van der Waals surface area contributed by atoms with Crippen molar-refractivity contribution < 1.29 is 27.1 Å². The van der Waals surface area contributed by atoms with Crippen LogP contribution >= 0.6 is 0 Å². The number of halogens is 2. The third-order valence-electron chi connectivity index (χ3n) is 4.78. The molecule has 0 unspecified atom stereocenters. The van der Waals surface area contributed by atoms with Crippen molar-refractivity contribution in [2.45, 2.75) is 25.7 Å². The first-order valence-corrected chi connectivity index (χ1v) is 10.1. The fourth-order valence-electron chi connectivity index (χ4n) is 3.30. The number of hydrogen-bond acceptors (Lipinski definition) is 4. The quantitative estimate of drug-likeness (QED) is 0.750. The largest absolute Gasteiger partial charge is 0.478 e. The second-order valence-electron chi connectivity index (χ2n) is 6.97. The molecule has 1 aromatic carbocycles. The van der Waals surface area contributed by atoms with Gasteiger partial charge in [-0.2, -0.15) is 0 Å². The standard InChI is InChI=1S/C17H19F2N3O5S/c1-10-14(20-28(26,27)9-11-7-17(18,19)8-11)15(23)22(21(10)2)13-5-3-4-12(6-13)16(24)25/h3-6,11,20H,7-9H2,1-2H3,(H,24,25). The van der Waals surface area contributed by atoms with Gasteiger partial charge in [-0.1, -0.05) is 6.07 Å². The molecule has 0 saturated heterocycles. The highest BCUT2D eigenvalue weighted by Gasteiger charge is 2.46. The summed E-state index contributed by atoms with van der Waals surface area (Å²) in [4.78, 5) is 23.9. The van der Waals surface area contributed by atoms with Crippen LogP contribution in [0.5, 0.6) is 0 Å². The lowest BCUT2D eigenvalue weighted by Crippen LogP contribution is -2.40. The molecule has 11 heteroatoms. The maximum absolute atomic E-state index is 12.9. The van der Waals surface area contributed by atoms with Crippen LogP contribution in [0.15, 0.2) is 29.1 Å². The summed E-state index contributed by atoms with van der Waals surface area (Å²) in [5, 5.41) is 9.12. The lowest BCUT2D eigenvalue weighted by atomic mass is 9.83. The van der Waals surface area contributed by atoms with E-state index in [1.807, 2.05) is 0 Å². The van der Waals surface area contributed by atoms with Crippen molar-refractivity contribution in [2.24, 2.45) is 13.0 Å². The molecule has 28 heavy (non-hydrogen) atoms. The average Bonchev–Trinajstić information content (AvgIpc) is 2.76. The molecule has 1 aliphatic carbocycles. The molecule has 0 radical (unpaired) electrons. The lowest BCUT2D eigenvalue weighted by molar-refractivity contribution is -0.103. The van der Waals surface area contributed by atoms with Gasteiger partial charge in [0, 0.05) is 19.9 Å². The summed E-state index contributed by atoms with van der Waals surface area (Å²) in [5.74, 6) is -5.15. The lowest BCUT2D eigenvalue weighted by Gasteiger charge is -2.34. The zero-order valence-electron chi connectivity index (χ0n) is 15.1. The van der Waals surface area contributed by atoms with Crippen molar-refractivity contribution in [3.63, 3.8) is 0 Å². The Bertz CT molecular complexity index is 1100. The van der Waals surface area contributed by atoms with Crippen LogP contribution in [0.4, 0.5) is 14.5 Å². The van der Waals surface area contributed by atoms with Gasteiger partial charge in [-0.3, -0.25) is 14.2 Å². The number of nitrogens with zero attached hydrogens (tertiary/aromatic N) is 2. The maximum atomic E-state index is 12.9. The molecule has 3 rings (SSSR count). The van der Waals surface area contributed by atoms with E-state index in [0.717, 1.165) is 4.68 Å². The molecule has 8 nitrogen and oxygen atoms in total. The molecule has 1 aliphatic rings. The number of hydrogen-bond donors (Lipinski definition) is 2. The maximum Gasteiger partial charge on any atom is 0.335 e. The van der Waals surface area contributed by atoms with Crippen molar-refractivity contribution >= 4 is 21.7 Å². The van der Waals surface area contributed by atoms with E-state index >= 15 is 0 Å². The number of carboxylic acids is 1. The molecule has 1 fully saturated rings. The summed E-state index contributed by atoms with van der Waals surface area (Å²) < 4.78 is 55.3. The molecular weight excluding hydrogens is 396 g/mol. The number of carbonyl (C=O) groups is 1. The molecule has 0 bridgehead atoms. The van der Waals surface area contributed by atoms with Gasteiger partial charge in [0.15, 0.2) is 0 Å². The monoisotopic (exact) mass is 415 g/mol. The van der Waals surface area contributed by atoms with Crippen molar-refractivity contribution in [2.75, 3.05) is 10.5 Å². The number of aromatic nitrogens is 2. The molecule has 0 amide bonds. The van der Waals surface area contributed by atoms with E-state index < -0.39 is 52.0 Å². The van der Waals surface area contributed by atoms with Gasteiger partial charge in [0.1, 0.15) is 5.69 Å². The van der Waals surface area contributed by atoms with Gasteiger partial charge in [-0.05, 0) is 31.0 Å². The third-order valence-corrected chi connectivity index (χ3v) is 6.20. The smallest absolute Gasteiger partial charge is 0.335 e. The first kappa shape index (κ1) is 20.1. The van der Waals surface area contributed by atoms with E-state index in [-0.39, 0.29) is 16.9 Å². The molecule has 152 valence electrons. The third kappa shape index (κ3) is 3.79. The second kappa shape index (κ2) is 6.73. The van der Waals surface area contributed by atoms with Crippen LogP contribution in [0.3, 0.4) is 0 Å². The van der Waals surface area contributed by atoms with Gasteiger partial charge in [-0.15, -0.1) is 0 Å². The van der Waals surface area contributed by atoms with Crippen LogP contribution < -0.4 is 10.3 Å². The number of anilines is 1. The average molecular weight is 415 g/mol. The number of aromatic carboxylic acids is 1. The molecule has 0 atom stereocenters. The van der Waals surface area contributed by atoms with Gasteiger partial charge < -0.3 is 5.11 Å². The number of nitrogens with one attached hydrogen (secondary N) is 1. The fourth-order valence-corrected chi connectivity index (χ4v) is 4.78. The Labute approximate surface area is 159 Å². The first-order chi connectivity index (χ1) is 12.9. The number of carboxylic acid groups (broad SMARTS) is 1. The van der Waals surface area contributed by atoms with E-state index in [0.29, 0.717) is 5.69 Å². The Hall–Kier alpha value is -2.69. The van der Waals surface area contributed by atoms with Crippen LogP contribution in [0.1, 0.15) is 28.9 Å². The number of benzene rings is 1. The molecular formula is C17H19F2N3O5S. The fraction of sp³-hybridized carbons (Fsp3) is 0.412. The normalized spacial score (nSPS) is 16.6. The number of sulfonamides is 1. The minimum atomic E-state index is -4.00. The Morgan fingerprint density at radius 1 is 1.36 bits per heavy atom. The molecule has 1 heterocycles. The summed E-state index contributed by atoms with van der Waals surface area (Å²) in [7, 11) is -2.48. The molecule has 0 aliphatic heterocycles. The summed E-state index contributed by atoms with van der Waals surface area (Å²) in [6, 6.07) is 5.64. The van der Waals surface area contributed by atoms with Crippen molar-refractivity contribution in [3.05, 3.63) is 45.9 Å². The second-order valence-corrected chi connectivity index (χ2v) is 8.74. The first-order valence-electron chi connectivity index (χ1n) is 8.41. The van der Waals surface area contributed by atoms with Crippen LogP contribution in [0, 0.1) is 12.8 Å². The minimum Gasteiger partial charge on any atom is -0.478 e. The Morgan fingerprint density at radius 2 is 2.00 bits per heavy atom. The Balaban J connectivity index is 1.92. The van der Waals surface area contributed by atoms with Crippen LogP contribution in [0.2, 0.25) is 0 Å². The highest BCUT2D eigenvalue weighted by molar-refractivity contribution is 7.92. The van der Waals surface area contributed by atoms with Crippen molar-refractivity contribution in [1.29, 1.82) is 0 Å². The highest BCUT2D eigenvalue weighted by Crippen LogP contribution is 2.42. The molecule has 2 N–H and O–H groups in total. The van der Waals surface area contributed by atoms with Gasteiger partial charge in [-0.25, -0.2) is 26.7 Å². The molecule has 1 aromatic heterocycles. The predicted molar refractivity (Wildman–Crippen MR) is 97.8 cm³/mol. The summed E-state index contributed by atoms with van der Waals surface area (Å²) in [6.45, 7) is 1.52. The highest BCUT2D eigenvalue weighted by atomic mass is 32.2. The van der Waals surface area contributed by atoms with Gasteiger partial charge in [0.2, 0.25) is 15.9 Å². The van der Waals surface area contributed by atoms with E-state index in [4.69, 9.17) is 5.11 Å². The van der Waals surface area contributed by atoms with E-state index in [2.05, 4.69) is 4.72 Å². The van der Waals surface area contributed by atoms with Crippen LogP contribution in [-0.2, 0) is 17.1 Å². The Kier molecular flexibility index (Phi) is 4.82. The molecule has 0 spiro atoms. The molecule has 1 saturated carbocycles. The van der Waals surface area contributed by atoms with Gasteiger partial charge >= 0.3 is 5.97 Å². The van der Waals surface area contributed by atoms with Crippen molar-refractivity contribution in [1.82, 2.24) is 9.36 Å². The zero-order valence-corrected chi connectivity index (χ0v) is 16.0. The summed E-state index contributed by atoms with van der Waals surface area (Å²) in [6.07, 6.45) is -0.984. The number of rotatable bonds is 6. The van der Waals surface area contributed by atoms with Gasteiger partial charge in [0.05, 0.1) is 22.7 Å². The number of alkyl halides is 2. The zero-order chi connectivity index (χ0) is 20.9. The van der Waals surface area contributed by atoms with Crippen LogP contribution in [0.25, 0.3) is 5.69 Å². The van der Waals surface area contributed by atoms with Crippen LogP contribution in [-0.4, -0.2) is 40.5 Å². The van der Waals surface area contributed by atoms with Crippen molar-refractivity contribution in [3.8, 4) is 5.69 Å². The summed E-state index contributed by atoms with van der Waals surface area (Å²) in [5.41, 5.74) is -0.372. The predicted octanol–water partition coefficient (Wildman–Crippen LogP) is 1.97. The van der Waals surface area contributed by atoms with E-state index in [9.17, 15) is 26.8 Å². The van der Waals surface area contributed by atoms with E-state index in [1.165, 1.54) is 42.9 Å². The molecule has 2 aromatic rings. The Morgan fingerprint density at radius 3 is 2.57 bits per heavy atom. The van der Waals surface area contributed by atoms with E-state index in [1.54, 1.807) is 0 Å². The topological polar surface area (TPSA) is 110 Å². The minimum absolute atomic E-state index is 0.0312. The van der Waals surface area contributed by atoms with Gasteiger partial charge in [0.25, 0.3) is 5.56 Å². The summed E-state index contributed by atoms with van der Waals surface area (Å²) >= 11 is 0.